The highest BCUT2D eigenvalue weighted by Crippen LogP contribution is 2.34. The third-order valence-corrected chi connectivity index (χ3v) is 3.19. The molecule has 0 spiro atoms. The number of oxime groups is 1. The fourth-order valence-electron chi connectivity index (χ4n) is 1.32. The van der Waals surface area contributed by atoms with Gasteiger partial charge in [-0.05, 0) is 32.0 Å². The molecule has 21 heavy (non-hydrogen) atoms. The highest BCUT2D eigenvalue weighted by atomic mass is 35.5. The van der Waals surface area contributed by atoms with E-state index in [9.17, 15) is 18.0 Å². The summed E-state index contributed by atoms with van der Waals surface area (Å²) >= 11 is 5.76. The Morgan fingerprint density at radius 1 is 1.38 bits per heavy atom. The van der Waals surface area contributed by atoms with E-state index in [4.69, 9.17) is 22.5 Å². The van der Waals surface area contributed by atoms with E-state index in [2.05, 4.69) is 10.5 Å². The molecule has 0 atom stereocenters. The Labute approximate surface area is 123 Å². The van der Waals surface area contributed by atoms with Crippen LogP contribution in [0.5, 0.6) is 0 Å². The quantitative estimate of drug-likeness (QED) is 0.346. The maximum atomic E-state index is 12.6. The van der Waals surface area contributed by atoms with Crippen LogP contribution in [0.3, 0.4) is 0 Å². The average molecular weight is 324 g/mol. The monoisotopic (exact) mass is 323 g/mol. The number of nitrogens with two attached hydrogens (primary N) is 1. The number of alkyl halides is 3. The molecule has 4 N–H and O–H groups in total. The highest BCUT2D eigenvalue weighted by molar-refractivity contribution is 6.34. The van der Waals surface area contributed by atoms with Gasteiger partial charge in [-0.1, -0.05) is 16.8 Å². The number of carbonyl (C=O) groups excluding carboxylic acids is 1. The predicted octanol–water partition coefficient (Wildman–Crippen LogP) is 3.07. The van der Waals surface area contributed by atoms with Crippen molar-refractivity contribution in [2.24, 2.45) is 16.3 Å². The Hall–Kier alpha value is -1.96. The SMILES string of the molecule is CC(C)(C(=O)Nc1cc(C(F)(F)F)ccc1Cl)C(N)=NO. The second kappa shape index (κ2) is 5.80. The van der Waals surface area contributed by atoms with Crippen molar-refractivity contribution in [2.45, 2.75) is 20.0 Å². The van der Waals surface area contributed by atoms with Crippen molar-refractivity contribution in [1.82, 2.24) is 0 Å². The largest absolute Gasteiger partial charge is 0.416 e. The van der Waals surface area contributed by atoms with Crippen LogP contribution in [-0.4, -0.2) is 17.0 Å². The van der Waals surface area contributed by atoms with Crippen molar-refractivity contribution < 1.29 is 23.2 Å². The van der Waals surface area contributed by atoms with E-state index in [1.54, 1.807) is 0 Å². The Bertz CT molecular complexity index is 586. The summed E-state index contributed by atoms with van der Waals surface area (Å²) in [5, 5.41) is 13.5. The first-order valence-corrected chi connectivity index (χ1v) is 6.04. The molecule has 0 aliphatic heterocycles. The maximum Gasteiger partial charge on any atom is 0.416 e. The zero-order chi connectivity index (χ0) is 16.4. The number of hydrogen-bond acceptors (Lipinski definition) is 3. The van der Waals surface area contributed by atoms with Gasteiger partial charge in [-0.25, -0.2) is 0 Å². The second-order valence-corrected chi connectivity index (χ2v) is 5.16. The lowest BCUT2D eigenvalue weighted by atomic mass is 9.91. The first kappa shape index (κ1) is 17.1. The molecule has 0 unspecified atom stereocenters. The third kappa shape index (κ3) is 3.78. The van der Waals surface area contributed by atoms with Gasteiger partial charge in [0.25, 0.3) is 0 Å². The zero-order valence-corrected chi connectivity index (χ0v) is 11.9. The molecule has 0 aliphatic carbocycles. The first-order chi connectivity index (χ1) is 9.50. The summed E-state index contributed by atoms with van der Waals surface area (Å²) in [5.74, 6) is -1.15. The molecule has 1 rings (SSSR count). The Morgan fingerprint density at radius 3 is 2.43 bits per heavy atom. The van der Waals surface area contributed by atoms with Crippen LogP contribution >= 0.6 is 11.6 Å². The van der Waals surface area contributed by atoms with Gasteiger partial charge in [0, 0.05) is 0 Å². The van der Waals surface area contributed by atoms with Crippen molar-refractivity contribution in [3.63, 3.8) is 0 Å². The molecular weight excluding hydrogens is 311 g/mol. The molecule has 0 saturated carbocycles. The molecule has 0 fully saturated rings. The van der Waals surface area contributed by atoms with Gasteiger partial charge in [0.1, 0.15) is 5.41 Å². The molecule has 0 radical (unpaired) electrons. The number of anilines is 1. The summed E-state index contributed by atoms with van der Waals surface area (Å²) in [6.07, 6.45) is -4.56. The molecule has 0 saturated heterocycles. The lowest BCUT2D eigenvalue weighted by molar-refractivity contribution is -0.137. The molecule has 116 valence electrons. The van der Waals surface area contributed by atoms with Crippen molar-refractivity contribution in [3.8, 4) is 0 Å². The molecule has 0 aliphatic rings. The number of amides is 1. The number of benzene rings is 1. The number of amidine groups is 1. The normalized spacial score (nSPS) is 13.1. The number of rotatable bonds is 3. The number of halogens is 4. The third-order valence-electron chi connectivity index (χ3n) is 2.86. The van der Waals surface area contributed by atoms with Crippen LogP contribution in [0, 0.1) is 5.41 Å². The number of nitrogens with one attached hydrogen (secondary N) is 1. The van der Waals surface area contributed by atoms with Gasteiger partial charge < -0.3 is 16.3 Å². The lowest BCUT2D eigenvalue weighted by Crippen LogP contribution is -2.42. The van der Waals surface area contributed by atoms with E-state index in [1.165, 1.54) is 13.8 Å². The topological polar surface area (TPSA) is 87.7 Å². The summed E-state index contributed by atoms with van der Waals surface area (Å²) < 4.78 is 37.9. The molecule has 0 heterocycles. The molecule has 1 aromatic rings. The number of nitrogens with zero attached hydrogens (tertiary/aromatic N) is 1. The van der Waals surface area contributed by atoms with Crippen molar-refractivity contribution in [3.05, 3.63) is 28.8 Å². The van der Waals surface area contributed by atoms with Crippen LogP contribution in [0.4, 0.5) is 18.9 Å². The van der Waals surface area contributed by atoms with E-state index in [0.29, 0.717) is 6.07 Å². The minimum atomic E-state index is -4.56. The molecule has 0 aromatic heterocycles. The molecule has 0 bridgehead atoms. The van der Waals surface area contributed by atoms with Crippen molar-refractivity contribution in [2.75, 3.05) is 5.32 Å². The van der Waals surface area contributed by atoms with Crippen molar-refractivity contribution in [1.29, 1.82) is 0 Å². The predicted molar refractivity (Wildman–Crippen MR) is 72.3 cm³/mol. The van der Waals surface area contributed by atoms with Crippen LogP contribution in [0.1, 0.15) is 19.4 Å². The lowest BCUT2D eigenvalue weighted by Gasteiger charge is -2.22. The summed E-state index contributed by atoms with van der Waals surface area (Å²) in [5.41, 5.74) is 2.78. The average Bonchev–Trinajstić information content (AvgIpc) is 2.38. The van der Waals surface area contributed by atoms with E-state index in [1.807, 2.05) is 0 Å². The Balaban J connectivity index is 3.11. The van der Waals surface area contributed by atoms with Gasteiger partial charge in [0.05, 0.1) is 16.3 Å². The van der Waals surface area contributed by atoms with E-state index in [0.717, 1.165) is 12.1 Å². The highest BCUT2D eigenvalue weighted by Gasteiger charge is 2.34. The van der Waals surface area contributed by atoms with Gasteiger partial charge in [-0.15, -0.1) is 0 Å². The van der Waals surface area contributed by atoms with E-state index in [-0.39, 0.29) is 16.5 Å². The van der Waals surface area contributed by atoms with Gasteiger partial charge in [-0.3, -0.25) is 4.79 Å². The maximum absolute atomic E-state index is 12.6. The minimum Gasteiger partial charge on any atom is -0.409 e. The standard InChI is InChI=1S/C12H13ClF3N3O2/c1-11(2,9(17)19-21)10(20)18-8-5-6(12(14,15)16)3-4-7(8)13/h3-5,21H,1-2H3,(H2,17,19)(H,18,20). The minimum absolute atomic E-state index is 0.0633. The summed E-state index contributed by atoms with van der Waals surface area (Å²) in [6, 6.07) is 2.53. The van der Waals surface area contributed by atoms with Gasteiger partial charge in [0.2, 0.25) is 5.91 Å². The smallest absolute Gasteiger partial charge is 0.409 e. The Kier molecular flexibility index (Phi) is 4.72. The van der Waals surface area contributed by atoms with E-state index >= 15 is 0 Å². The van der Waals surface area contributed by atoms with Gasteiger partial charge in [-0.2, -0.15) is 13.2 Å². The molecule has 9 heteroatoms. The fourth-order valence-corrected chi connectivity index (χ4v) is 1.48. The number of carbonyl (C=O) groups is 1. The number of hydrogen-bond donors (Lipinski definition) is 3. The molecule has 1 aromatic carbocycles. The van der Waals surface area contributed by atoms with Gasteiger partial charge in [0.15, 0.2) is 5.84 Å². The van der Waals surface area contributed by atoms with Crippen LogP contribution in [0.15, 0.2) is 23.4 Å². The van der Waals surface area contributed by atoms with Crippen molar-refractivity contribution >= 4 is 29.0 Å². The van der Waals surface area contributed by atoms with Crippen LogP contribution < -0.4 is 11.1 Å². The van der Waals surface area contributed by atoms with Gasteiger partial charge >= 0.3 is 6.18 Å². The van der Waals surface area contributed by atoms with Crippen LogP contribution in [0.2, 0.25) is 5.02 Å². The molecule has 1 amide bonds. The van der Waals surface area contributed by atoms with E-state index < -0.39 is 23.1 Å². The summed E-state index contributed by atoms with van der Waals surface area (Å²) in [6.45, 7) is 2.69. The van der Waals surface area contributed by atoms with Crippen LogP contribution in [0.25, 0.3) is 0 Å². The summed E-state index contributed by atoms with van der Waals surface area (Å²) in [7, 11) is 0. The first-order valence-electron chi connectivity index (χ1n) is 5.66. The summed E-state index contributed by atoms with van der Waals surface area (Å²) in [4.78, 5) is 12.0. The second-order valence-electron chi connectivity index (χ2n) is 4.76. The fraction of sp³-hybridized carbons (Fsp3) is 0.333. The Morgan fingerprint density at radius 2 is 1.95 bits per heavy atom. The zero-order valence-electron chi connectivity index (χ0n) is 11.1. The molecule has 5 nitrogen and oxygen atoms in total. The van der Waals surface area contributed by atoms with Crippen LogP contribution in [-0.2, 0) is 11.0 Å². The molecular formula is C12H13ClF3N3O2.